The van der Waals surface area contributed by atoms with Crippen LogP contribution in [0, 0.1) is 0 Å². The van der Waals surface area contributed by atoms with Gasteiger partial charge in [-0.3, -0.25) is 4.79 Å². The van der Waals surface area contributed by atoms with Crippen molar-refractivity contribution in [3.05, 3.63) is 64.1 Å². The van der Waals surface area contributed by atoms with Gasteiger partial charge in [-0.1, -0.05) is 36.4 Å². The number of hydrogen-bond donors (Lipinski definition) is 0. The maximum atomic E-state index is 12.0. The van der Waals surface area contributed by atoms with Crippen molar-refractivity contribution in [2.45, 2.75) is 19.3 Å². The molecule has 0 aliphatic carbocycles. The molecule has 0 atom stereocenters. The minimum atomic E-state index is 0.255. The number of halogens is 1. The van der Waals surface area contributed by atoms with Crippen molar-refractivity contribution < 1.29 is 9.53 Å². The first kappa shape index (κ1) is 14.8. The first-order valence-corrected chi connectivity index (χ1v) is 7.36. The van der Waals surface area contributed by atoms with Crippen LogP contribution in [0.4, 0.5) is 0 Å². The molecule has 0 saturated carbocycles. The Labute approximate surface area is 127 Å². The lowest BCUT2D eigenvalue weighted by Gasteiger charge is -2.06. The van der Waals surface area contributed by atoms with E-state index in [-0.39, 0.29) is 5.78 Å². The van der Waals surface area contributed by atoms with Crippen LogP contribution in [0.1, 0.15) is 17.5 Å². The van der Waals surface area contributed by atoms with E-state index in [4.69, 9.17) is 4.74 Å². The van der Waals surface area contributed by atoms with Crippen molar-refractivity contribution in [1.82, 2.24) is 0 Å². The molecule has 0 saturated heterocycles. The molecule has 0 N–H and O–H groups in total. The van der Waals surface area contributed by atoms with Crippen LogP contribution in [-0.2, 0) is 17.6 Å². The monoisotopic (exact) mass is 332 g/mol. The molecule has 0 aliphatic heterocycles. The number of benzene rings is 2. The molecule has 2 aromatic rings. The maximum absolute atomic E-state index is 12.0. The molecule has 2 rings (SSSR count). The molecule has 0 radical (unpaired) electrons. The summed E-state index contributed by atoms with van der Waals surface area (Å²) in [6.07, 6.45) is 1.85. The zero-order valence-electron chi connectivity index (χ0n) is 11.4. The number of hydrogen-bond acceptors (Lipinski definition) is 2. The number of carbonyl (C=O) groups is 1. The normalized spacial score (nSPS) is 10.3. The molecule has 0 amide bonds. The Morgan fingerprint density at radius 3 is 2.50 bits per heavy atom. The van der Waals surface area contributed by atoms with Gasteiger partial charge in [0.15, 0.2) is 0 Å². The molecule has 0 aromatic heterocycles. The second kappa shape index (κ2) is 7.25. The van der Waals surface area contributed by atoms with Crippen molar-refractivity contribution >= 4 is 21.7 Å². The number of carbonyl (C=O) groups excluding carboxylic acids is 1. The van der Waals surface area contributed by atoms with Crippen LogP contribution in [0.2, 0.25) is 0 Å². The van der Waals surface area contributed by atoms with Crippen LogP contribution in [0.15, 0.2) is 53.0 Å². The quantitative estimate of drug-likeness (QED) is 0.792. The summed E-state index contributed by atoms with van der Waals surface area (Å²) in [5.41, 5.74) is 2.22. The Bertz CT molecular complexity index is 579. The Hall–Kier alpha value is -1.61. The lowest BCUT2D eigenvalue weighted by Crippen LogP contribution is -2.04. The smallest absolute Gasteiger partial charge is 0.137 e. The first-order chi connectivity index (χ1) is 9.69. The first-order valence-electron chi connectivity index (χ1n) is 6.57. The summed E-state index contributed by atoms with van der Waals surface area (Å²) in [6, 6.07) is 15.8. The van der Waals surface area contributed by atoms with E-state index in [1.807, 2.05) is 36.4 Å². The maximum Gasteiger partial charge on any atom is 0.137 e. The van der Waals surface area contributed by atoms with Gasteiger partial charge in [0.2, 0.25) is 0 Å². The average Bonchev–Trinajstić information content (AvgIpc) is 2.46. The van der Waals surface area contributed by atoms with E-state index in [2.05, 4.69) is 28.1 Å². The van der Waals surface area contributed by atoms with E-state index in [0.717, 1.165) is 22.2 Å². The van der Waals surface area contributed by atoms with E-state index in [1.165, 1.54) is 5.56 Å². The molecule has 0 spiro atoms. The van der Waals surface area contributed by atoms with Crippen molar-refractivity contribution in [3.63, 3.8) is 0 Å². The number of Topliss-reactive ketones (excluding diaryl/α,β-unsaturated/α-hetero) is 1. The van der Waals surface area contributed by atoms with Crippen molar-refractivity contribution in [3.8, 4) is 5.75 Å². The van der Waals surface area contributed by atoms with Gasteiger partial charge in [-0.05, 0) is 45.6 Å². The van der Waals surface area contributed by atoms with Crippen molar-refractivity contribution in [2.24, 2.45) is 0 Å². The third kappa shape index (κ3) is 4.20. The van der Waals surface area contributed by atoms with Gasteiger partial charge >= 0.3 is 0 Å². The fourth-order valence-corrected chi connectivity index (χ4v) is 2.65. The average molecular weight is 333 g/mol. The van der Waals surface area contributed by atoms with Gasteiger partial charge in [0, 0.05) is 12.8 Å². The highest BCUT2D eigenvalue weighted by Crippen LogP contribution is 2.25. The number of aryl methyl sites for hydroxylation is 1. The lowest BCUT2D eigenvalue weighted by molar-refractivity contribution is -0.118. The molecule has 20 heavy (non-hydrogen) atoms. The standard InChI is InChI=1S/C17H17BrO2/c1-20-17-10-8-14(12-16(17)18)11-15(19)9-7-13-5-3-2-4-6-13/h2-6,8,10,12H,7,9,11H2,1H3. The van der Waals surface area contributed by atoms with E-state index >= 15 is 0 Å². The molecule has 2 aromatic carbocycles. The highest BCUT2D eigenvalue weighted by Gasteiger charge is 2.07. The fraction of sp³-hybridized carbons (Fsp3) is 0.235. The highest BCUT2D eigenvalue weighted by molar-refractivity contribution is 9.10. The van der Waals surface area contributed by atoms with Crippen molar-refractivity contribution in [1.29, 1.82) is 0 Å². The number of ether oxygens (including phenoxy) is 1. The van der Waals surface area contributed by atoms with Gasteiger partial charge in [0.25, 0.3) is 0 Å². The lowest BCUT2D eigenvalue weighted by atomic mass is 10.0. The van der Waals surface area contributed by atoms with Gasteiger partial charge in [-0.25, -0.2) is 0 Å². The molecular formula is C17H17BrO2. The van der Waals surface area contributed by atoms with E-state index in [0.29, 0.717) is 12.8 Å². The third-order valence-electron chi connectivity index (χ3n) is 3.15. The van der Waals surface area contributed by atoms with Crippen LogP contribution in [0.3, 0.4) is 0 Å². The molecule has 3 heteroatoms. The van der Waals surface area contributed by atoms with Gasteiger partial charge in [-0.2, -0.15) is 0 Å². The van der Waals surface area contributed by atoms with Gasteiger partial charge in [0.05, 0.1) is 11.6 Å². The molecule has 0 aliphatic rings. The summed E-state index contributed by atoms with van der Waals surface area (Å²) in [7, 11) is 1.63. The topological polar surface area (TPSA) is 26.3 Å². The van der Waals surface area contributed by atoms with E-state index in [1.54, 1.807) is 7.11 Å². The highest BCUT2D eigenvalue weighted by atomic mass is 79.9. The van der Waals surface area contributed by atoms with Crippen LogP contribution in [0.25, 0.3) is 0 Å². The molecule has 0 bridgehead atoms. The number of ketones is 1. The Balaban J connectivity index is 1.90. The molecule has 0 heterocycles. The van der Waals surface area contributed by atoms with E-state index < -0.39 is 0 Å². The van der Waals surface area contributed by atoms with Crippen molar-refractivity contribution in [2.75, 3.05) is 7.11 Å². The predicted octanol–water partition coefficient (Wildman–Crippen LogP) is 4.20. The van der Waals surface area contributed by atoms with Crippen LogP contribution >= 0.6 is 15.9 Å². The van der Waals surface area contributed by atoms with Crippen LogP contribution < -0.4 is 4.74 Å². The Kier molecular flexibility index (Phi) is 5.36. The summed E-state index contributed by atoms with van der Waals surface area (Å²) < 4.78 is 6.06. The zero-order valence-corrected chi connectivity index (χ0v) is 13.0. The SMILES string of the molecule is COc1ccc(CC(=O)CCc2ccccc2)cc1Br. The minimum Gasteiger partial charge on any atom is -0.496 e. The second-order valence-electron chi connectivity index (χ2n) is 4.67. The summed E-state index contributed by atoms with van der Waals surface area (Å²) >= 11 is 3.44. The summed E-state index contributed by atoms with van der Waals surface area (Å²) in [6.45, 7) is 0. The molecule has 0 unspecified atom stereocenters. The summed E-state index contributed by atoms with van der Waals surface area (Å²) in [4.78, 5) is 12.0. The van der Waals surface area contributed by atoms with Gasteiger partial charge in [-0.15, -0.1) is 0 Å². The number of methoxy groups -OCH3 is 1. The Morgan fingerprint density at radius 1 is 1.10 bits per heavy atom. The minimum absolute atomic E-state index is 0.255. The van der Waals surface area contributed by atoms with E-state index in [9.17, 15) is 4.79 Å². The third-order valence-corrected chi connectivity index (χ3v) is 3.77. The largest absolute Gasteiger partial charge is 0.496 e. The number of rotatable bonds is 6. The zero-order chi connectivity index (χ0) is 14.4. The molecule has 104 valence electrons. The molecule has 2 nitrogen and oxygen atoms in total. The second-order valence-corrected chi connectivity index (χ2v) is 5.52. The predicted molar refractivity (Wildman–Crippen MR) is 84.2 cm³/mol. The Morgan fingerprint density at radius 2 is 1.85 bits per heavy atom. The summed E-state index contributed by atoms with van der Waals surface area (Å²) in [5, 5.41) is 0. The van der Waals surface area contributed by atoms with Gasteiger partial charge in [0.1, 0.15) is 11.5 Å². The fourth-order valence-electron chi connectivity index (χ4n) is 2.06. The molecule has 0 fully saturated rings. The van der Waals surface area contributed by atoms with Crippen LogP contribution in [0.5, 0.6) is 5.75 Å². The van der Waals surface area contributed by atoms with Gasteiger partial charge < -0.3 is 4.74 Å². The summed E-state index contributed by atoms with van der Waals surface area (Å²) in [5.74, 6) is 1.04. The molecular weight excluding hydrogens is 316 g/mol. The van der Waals surface area contributed by atoms with Crippen LogP contribution in [-0.4, -0.2) is 12.9 Å².